The summed E-state index contributed by atoms with van der Waals surface area (Å²) in [5.41, 5.74) is 11.2. The monoisotopic (exact) mass is 1550 g/mol. The standard InChI is InChI=1S/C18H14ClN3O2.C18H15N3O3.C18H15N3O2.C17H19N3O2.C17H13N3O2/c19-10-12-1-3-14(4-2-12)17(23)22-16-9-15(11-21-18(16)24)13-5-7-20-8-6-13;1-24-15-4-2-13(3-5-15)17(22)21-16-10-14(11-20-18(16)23)12-6-8-19-9-7-12;22-17(10-13-4-2-1-3-5-13)21-16-11-15(12-20-18(16)23)14-6-8-19-9-7-14;2*21-16(13-4-2-1-3-5-13)20-15-10-14(11-19-17(15)22)12-6-8-18-9-7-12/h1-9,11H,10H2,(H,21,24)(H,22,23);2-11H,1H3,(H,20,23)(H,21,22);1-9,11-12H,10H2,(H,20,23)(H,21,22);6-11,13H,1-5H2,(H,19,22)(H,20,21);1-11H,(H,19,22)(H,20,21). The Morgan fingerprint density at radius 2 is 0.643 bits per heavy atom. The minimum absolute atomic E-state index is 0.0257. The average Bonchev–Trinajstić information content (AvgIpc) is 1.11. The van der Waals surface area contributed by atoms with Gasteiger partial charge in [0.15, 0.2) is 0 Å². The number of aromatic nitrogens is 10. The number of pyridine rings is 10. The van der Waals surface area contributed by atoms with Gasteiger partial charge in [0.2, 0.25) is 11.8 Å². The molecule has 10 aromatic heterocycles. The van der Waals surface area contributed by atoms with E-state index in [1.54, 1.807) is 203 Å². The summed E-state index contributed by atoms with van der Waals surface area (Å²) in [6.45, 7) is 0. The number of benzene rings is 4. The summed E-state index contributed by atoms with van der Waals surface area (Å²) in [6.07, 6.45) is 30.2. The van der Waals surface area contributed by atoms with E-state index in [1.165, 1.54) is 6.42 Å². The van der Waals surface area contributed by atoms with Gasteiger partial charge in [0.25, 0.3) is 45.5 Å². The molecule has 14 aromatic rings. The second-order valence-corrected chi connectivity index (χ2v) is 25.9. The first-order chi connectivity index (χ1) is 56.0. The highest BCUT2D eigenvalue weighted by Crippen LogP contribution is 2.28. The number of hydrogen-bond donors (Lipinski definition) is 10. The Balaban J connectivity index is 0.000000142. The summed E-state index contributed by atoms with van der Waals surface area (Å²) in [6, 6.07) is 58.3. The lowest BCUT2D eigenvalue weighted by Crippen LogP contribution is -2.27. The lowest BCUT2D eigenvalue weighted by molar-refractivity contribution is -0.120. The van der Waals surface area contributed by atoms with Crippen molar-refractivity contribution in [1.29, 1.82) is 0 Å². The van der Waals surface area contributed by atoms with E-state index < -0.39 is 0 Å². The first kappa shape index (κ1) is 80.8. The Morgan fingerprint density at radius 1 is 0.348 bits per heavy atom. The number of anilines is 5. The van der Waals surface area contributed by atoms with Crippen molar-refractivity contribution in [1.82, 2.24) is 49.8 Å². The van der Waals surface area contributed by atoms with E-state index in [4.69, 9.17) is 16.3 Å². The molecule has 576 valence electrons. The molecule has 15 rings (SSSR count). The highest BCUT2D eigenvalue weighted by Gasteiger charge is 2.23. The Hall–Kier alpha value is -15.2. The predicted molar refractivity (Wildman–Crippen MR) is 445 cm³/mol. The number of ether oxygens (including phenoxy) is 1. The van der Waals surface area contributed by atoms with Crippen molar-refractivity contribution in [3.8, 4) is 61.4 Å². The van der Waals surface area contributed by atoms with Gasteiger partial charge in [0, 0.05) is 149 Å². The average molecular weight is 1560 g/mol. The molecule has 0 atom stereocenters. The Labute approximate surface area is 662 Å². The Kier molecular flexibility index (Phi) is 28.8. The van der Waals surface area contributed by atoms with Gasteiger partial charge in [-0.2, -0.15) is 0 Å². The molecule has 0 saturated heterocycles. The fourth-order valence-corrected chi connectivity index (χ4v) is 11.9. The maximum Gasteiger partial charge on any atom is 0.271 e. The molecule has 5 amide bonds. The Bertz CT molecular complexity index is 5750. The van der Waals surface area contributed by atoms with Crippen LogP contribution >= 0.6 is 11.6 Å². The zero-order valence-corrected chi connectivity index (χ0v) is 62.6. The minimum Gasteiger partial charge on any atom is -0.497 e. The van der Waals surface area contributed by atoms with E-state index in [2.05, 4.69) is 76.4 Å². The number of amides is 5. The van der Waals surface area contributed by atoms with Gasteiger partial charge in [0.05, 0.1) is 13.5 Å². The number of nitrogens with one attached hydrogen (secondary N) is 10. The number of alkyl halides is 1. The van der Waals surface area contributed by atoms with Crippen LogP contribution in [0.5, 0.6) is 5.75 Å². The van der Waals surface area contributed by atoms with Gasteiger partial charge in [-0.05, 0) is 191 Å². The zero-order valence-electron chi connectivity index (χ0n) is 61.8. The second kappa shape index (κ2) is 41.0. The van der Waals surface area contributed by atoms with Crippen LogP contribution in [0.15, 0.2) is 317 Å². The zero-order chi connectivity index (χ0) is 80.7. The van der Waals surface area contributed by atoms with Crippen LogP contribution in [0, 0.1) is 5.92 Å². The van der Waals surface area contributed by atoms with Crippen molar-refractivity contribution in [2.24, 2.45) is 5.92 Å². The lowest BCUT2D eigenvalue weighted by Gasteiger charge is -2.20. The third-order valence-corrected chi connectivity index (χ3v) is 18.1. The second-order valence-electron chi connectivity index (χ2n) is 25.7. The molecule has 27 heteroatoms. The summed E-state index contributed by atoms with van der Waals surface area (Å²) in [7, 11) is 1.55. The van der Waals surface area contributed by atoms with Gasteiger partial charge >= 0.3 is 0 Å². The number of H-pyrrole nitrogens is 5. The topological polar surface area (TPSA) is 383 Å². The van der Waals surface area contributed by atoms with Crippen LogP contribution in [-0.2, 0) is 21.9 Å². The highest BCUT2D eigenvalue weighted by atomic mass is 35.5. The van der Waals surface area contributed by atoms with Crippen molar-refractivity contribution in [2.75, 3.05) is 33.7 Å². The largest absolute Gasteiger partial charge is 0.497 e. The predicted octanol–water partition coefficient (Wildman–Crippen LogP) is 14.4. The van der Waals surface area contributed by atoms with Crippen LogP contribution in [0.4, 0.5) is 28.4 Å². The maximum atomic E-state index is 12.3. The number of rotatable bonds is 18. The van der Waals surface area contributed by atoms with Crippen LogP contribution < -0.4 is 59.1 Å². The van der Waals surface area contributed by atoms with E-state index in [-0.39, 0.29) is 92.4 Å². The van der Waals surface area contributed by atoms with Crippen molar-refractivity contribution < 1.29 is 28.7 Å². The van der Waals surface area contributed by atoms with E-state index >= 15 is 0 Å². The summed E-state index contributed by atoms with van der Waals surface area (Å²) in [4.78, 5) is 154. The van der Waals surface area contributed by atoms with E-state index in [9.17, 15) is 47.9 Å². The van der Waals surface area contributed by atoms with Crippen LogP contribution in [0.2, 0.25) is 0 Å². The third-order valence-electron chi connectivity index (χ3n) is 17.8. The molecule has 1 aliphatic rings. The van der Waals surface area contributed by atoms with Gasteiger partial charge in [-0.1, -0.05) is 79.9 Å². The normalized spacial score (nSPS) is 11.3. The van der Waals surface area contributed by atoms with Gasteiger partial charge in [-0.25, -0.2) is 0 Å². The first-order valence-corrected chi connectivity index (χ1v) is 36.7. The molecule has 1 aliphatic carbocycles. The lowest BCUT2D eigenvalue weighted by atomic mass is 9.88. The smallest absolute Gasteiger partial charge is 0.271 e. The number of carbonyl (C=O) groups is 5. The molecule has 10 heterocycles. The molecule has 1 saturated carbocycles. The summed E-state index contributed by atoms with van der Waals surface area (Å²) in [5, 5.41) is 13.4. The van der Waals surface area contributed by atoms with Crippen LogP contribution in [-0.4, -0.2) is 86.5 Å². The molecule has 0 aliphatic heterocycles. The first-order valence-electron chi connectivity index (χ1n) is 36.1. The van der Waals surface area contributed by atoms with Crippen LogP contribution in [0.25, 0.3) is 55.6 Å². The van der Waals surface area contributed by atoms with E-state index in [0.717, 1.165) is 92.4 Å². The molecule has 4 aromatic carbocycles. The van der Waals surface area contributed by atoms with Gasteiger partial charge in [0.1, 0.15) is 34.2 Å². The minimum atomic E-state index is -0.366. The fourth-order valence-electron chi connectivity index (χ4n) is 11.7. The van der Waals surface area contributed by atoms with Crippen LogP contribution in [0.3, 0.4) is 0 Å². The molecular formula is C88H76ClN15O11. The van der Waals surface area contributed by atoms with Gasteiger partial charge in [-0.3, -0.25) is 72.9 Å². The summed E-state index contributed by atoms with van der Waals surface area (Å²) >= 11 is 5.73. The highest BCUT2D eigenvalue weighted by molar-refractivity contribution is 6.17. The number of hydrogen-bond acceptors (Lipinski definition) is 16. The van der Waals surface area contributed by atoms with Crippen LogP contribution in [0.1, 0.15) is 74.3 Å². The van der Waals surface area contributed by atoms with Gasteiger partial charge < -0.3 is 56.2 Å². The molecule has 115 heavy (non-hydrogen) atoms. The SMILES string of the molecule is COc1ccc(C(=O)Nc2cc(-c3ccncc3)c[nH]c2=O)cc1.O=C(Cc1ccccc1)Nc1cc(-c2ccncc2)c[nH]c1=O.O=C(Nc1cc(-c2ccncc2)c[nH]c1=O)C1CCCCC1.O=C(Nc1cc(-c2ccncc2)c[nH]c1=O)c1ccc(CCl)cc1.O=C(Nc1cc(-c2ccncc2)c[nH]c1=O)c1ccccc1. The van der Waals surface area contributed by atoms with Crippen molar-refractivity contribution in [2.45, 2.75) is 44.4 Å². The van der Waals surface area contributed by atoms with Crippen molar-refractivity contribution in [3.05, 3.63) is 373 Å². The molecule has 0 bridgehead atoms. The number of halogens is 1. The molecule has 0 radical (unpaired) electrons. The van der Waals surface area contributed by atoms with E-state index in [0.29, 0.717) is 34.0 Å². The Morgan fingerprint density at radius 3 is 0.965 bits per heavy atom. The summed E-state index contributed by atoms with van der Waals surface area (Å²) in [5.74, 6) is -0.246. The molecule has 1 fully saturated rings. The van der Waals surface area contributed by atoms with E-state index in [1.807, 2.05) is 97.1 Å². The van der Waals surface area contributed by atoms with Crippen molar-refractivity contribution in [3.63, 3.8) is 0 Å². The quantitative estimate of drug-likeness (QED) is 0.0357. The number of nitrogens with zero attached hydrogens (tertiary/aromatic N) is 5. The molecule has 0 unspecified atom stereocenters. The van der Waals surface area contributed by atoms with Crippen molar-refractivity contribution >= 4 is 69.6 Å². The molecule has 0 spiro atoms. The van der Waals surface area contributed by atoms with Gasteiger partial charge in [-0.15, -0.1) is 11.6 Å². The third kappa shape index (κ3) is 23.7. The fraction of sp³-hybridized carbons (Fsp3) is 0.102. The molecular weight excluding hydrogens is 1480 g/mol. The molecule has 10 N–H and O–H groups in total. The summed E-state index contributed by atoms with van der Waals surface area (Å²) < 4.78 is 5.06. The molecule has 26 nitrogen and oxygen atoms in total. The maximum absolute atomic E-state index is 12.3. The number of carbonyl (C=O) groups excluding carboxylic acids is 5. The number of methoxy groups -OCH3 is 1. The number of aromatic amines is 5.